The number of nitrogens with zero attached hydrogens (tertiary/aromatic N) is 5. The number of benzene rings is 1. The van der Waals surface area contributed by atoms with Crippen LogP contribution in [0.5, 0.6) is 0 Å². The fraction of sp³-hybridized carbons (Fsp3) is 0.467. The van der Waals surface area contributed by atoms with E-state index in [4.69, 9.17) is 0 Å². The number of carbonyl (C=O) groups is 1. The summed E-state index contributed by atoms with van der Waals surface area (Å²) in [5.74, 6) is 1.52. The Bertz CT molecular complexity index is 648. The molecule has 0 bridgehead atoms. The first-order valence-electron chi connectivity index (χ1n) is 7.53. The average molecular weight is 349 g/mol. The quantitative estimate of drug-likeness (QED) is 0.787. The van der Waals surface area contributed by atoms with Crippen molar-refractivity contribution in [3.05, 3.63) is 35.9 Å². The number of hydrogen-bond donors (Lipinski definition) is 0. The molecule has 23 heavy (non-hydrogen) atoms. The van der Waals surface area contributed by atoms with Crippen LogP contribution >= 0.6 is 23.5 Å². The van der Waals surface area contributed by atoms with Crippen molar-refractivity contribution in [3.63, 3.8) is 0 Å². The summed E-state index contributed by atoms with van der Waals surface area (Å²) in [5, 5.41) is 12.4. The molecule has 1 atom stereocenters. The van der Waals surface area contributed by atoms with Crippen molar-refractivity contribution in [2.75, 3.05) is 24.6 Å². The van der Waals surface area contributed by atoms with Gasteiger partial charge in [0.2, 0.25) is 11.1 Å². The van der Waals surface area contributed by atoms with Crippen LogP contribution in [0.15, 0.2) is 35.5 Å². The number of aromatic nitrogens is 4. The molecule has 1 aromatic carbocycles. The third-order valence-electron chi connectivity index (χ3n) is 3.77. The van der Waals surface area contributed by atoms with Crippen LogP contribution in [0.25, 0.3) is 0 Å². The van der Waals surface area contributed by atoms with Gasteiger partial charge in [-0.2, -0.15) is 11.8 Å². The Morgan fingerprint density at radius 2 is 2.17 bits per heavy atom. The molecule has 1 aromatic heterocycles. The predicted molar refractivity (Wildman–Crippen MR) is 92.4 cm³/mol. The zero-order valence-corrected chi connectivity index (χ0v) is 14.6. The largest absolute Gasteiger partial charge is 0.341 e. The van der Waals surface area contributed by atoms with Gasteiger partial charge in [0.25, 0.3) is 0 Å². The first-order valence-corrected chi connectivity index (χ1v) is 9.57. The van der Waals surface area contributed by atoms with Crippen LogP contribution in [0, 0.1) is 0 Å². The Kier molecular flexibility index (Phi) is 5.56. The molecule has 0 N–H and O–H groups in total. The predicted octanol–water partition coefficient (Wildman–Crippen LogP) is 2.01. The van der Waals surface area contributed by atoms with E-state index in [-0.39, 0.29) is 5.91 Å². The number of amides is 1. The van der Waals surface area contributed by atoms with Crippen molar-refractivity contribution in [2.24, 2.45) is 7.05 Å². The van der Waals surface area contributed by atoms with E-state index in [9.17, 15) is 4.79 Å². The summed E-state index contributed by atoms with van der Waals surface area (Å²) >= 11 is 3.33. The third-order valence-corrected chi connectivity index (χ3v) is 6.10. The molecule has 0 aliphatic carbocycles. The molecule has 2 heterocycles. The van der Waals surface area contributed by atoms with Crippen molar-refractivity contribution in [1.82, 2.24) is 25.1 Å². The van der Waals surface area contributed by atoms with Crippen molar-refractivity contribution >= 4 is 29.4 Å². The molecule has 122 valence electrons. The molecule has 1 amide bonds. The zero-order valence-electron chi connectivity index (χ0n) is 13.0. The molecular weight excluding hydrogens is 330 g/mol. The van der Waals surface area contributed by atoms with Gasteiger partial charge >= 0.3 is 0 Å². The van der Waals surface area contributed by atoms with Crippen LogP contribution in [-0.2, 0) is 11.8 Å². The van der Waals surface area contributed by atoms with Gasteiger partial charge < -0.3 is 4.90 Å². The maximum absolute atomic E-state index is 12.4. The van der Waals surface area contributed by atoms with Crippen LogP contribution < -0.4 is 0 Å². The average Bonchev–Trinajstić information content (AvgIpc) is 2.85. The summed E-state index contributed by atoms with van der Waals surface area (Å²) in [6, 6.07) is 10.5. The number of tetrazole rings is 1. The molecule has 1 fully saturated rings. The van der Waals surface area contributed by atoms with Crippen LogP contribution in [0.1, 0.15) is 17.2 Å². The van der Waals surface area contributed by atoms with Gasteiger partial charge in [0.05, 0.1) is 5.75 Å². The highest BCUT2D eigenvalue weighted by Crippen LogP contribution is 2.34. The summed E-state index contributed by atoms with van der Waals surface area (Å²) < 4.78 is 1.58. The maximum atomic E-state index is 12.4. The first-order chi connectivity index (χ1) is 11.2. The van der Waals surface area contributed by atoms with Gasteiger partial charge in [-0.1, -0.05) is 42.1 Å². The van der Waals surface area contributed by atoms with E-state index in [1.165, 1.54) is 17.3 Å². The monoisotopic (exact) mass is 349 g/mol. The molecule has 8 heteroatoms. The van der Waals surface area contributed by atoms with Gasteiger partial charge in [-0.05, 0) is 22.4 Å². The van der Waals surface area contributed by atoms with E-state index in [1.54, 1.807) is 11.7 Å². The molecule has 0 spiro atoms. The van der Waals surface area contributed by atoms with Gasteiger partial charge in [0.15, 0.2) is 0 Å². The van der Waals surface area contributed by atoms with Gasteiger partial charge in [0, 0.05) is 31.1 Å². The second-order valence-corrected chi connectivity index (χ2v) is 7.57. The lowest BCUT2D eigenvalue weighted by Crippen LogP contribution is -2.34. The highest BCUT2D eigenvalue weighted by molar-refractivity contribution is 8.00. The number of hydrogen-bond acceptors (Lipinski definition) is 6. The highest BCUT2D eigenvalue weighted by Gasteiger charge is 2.22. The lowest BCUT2D eigenvalue weighted by atomic mass is 10.1. The fourth-order valence-corrected chi connectivity index (χ4v) is 4.50. The van der Waals surface area contributed by atoms with Crippen molar-refractivity contribution in [1.29, 1.82) is 0 Å². The Hall–Kier alpha value is -1.54. The first kappa shape index (κ1) is 16.3. The molecule has 6 nitrogen and oxygen atoms in total. The SMILES string of the molecule is Cn1nnnc1SCC(=O)N1CCS[C@H](c2ccccc2)CC1. The fourth-order valence-electron chi connectivity index (χ4n) is 2.51. The Balaban J connectivity index is 1.53. The second-order valence-electron chi connectivity index (χ2n) is 5.31. The van der Waals surface area contributed by atoms with Gasteiger partial charge in [-0.25, -0.2) is 4.68 Å². The summed E-state index contributed by atoms with van der Waals surface area (Å²) in [5.41, 5.74) is 1.35. The van der Waals surface area contributed by atoms with Gasteiger partial charge in [-0.3, -0.25) is 4.79 Å². The summed E-state index contributed by atoms with van der Waals surface area (Å²) in [6.45, 7) is 1.62. The number of aryl methyl sites for hydroxylation is 1. The minimum absolute atomic E-state index is 0.160. The van der Waals surface area contributed by atoms with Crippen LogP contribution in [0.4, 0.5) is 0 Å². The second kappa shape index (κ2) is 7.83. The molecule has 0 radical (unpaired) electrons. The third kappa shape index (κ3) is 4.26. The molecule has 1 aliphatic rings. The molecule has 0 unspecified atom stereocenters. The number of carbonyl (C=O) groups excluding carboxylic acids is 1. The minimum Gasteiger partial charge on any atom is -0.341 e. The van der Waals surface area contributed by atoms with E-state index in [2.05, 4.69) is 39.8 Å². The summed E-state index contributed by atoms with van der Waals surface area (Å²) in [7, 11) is 1.78. The Labute approximate surface area is 144 Å². The molecule has 3 rings (SSSR count). The van der Waals surface area contributed by atoms with Crippen molar-refractivity contribution in [2.45, 2.75) is 16.8 Å². The van der Waals surface area contributed by atoms with E-state index in [0.717, 1.165) is 25.3 Å². The van der Waals surface area contributed by atoms with Crippen molar-refractivity contribution in [3.8, 4) is 0 Å². The highest BCUT2D eigenvalue weighted by atomic mass is 32.2. The van der Waals surface area contributed by atoms with Crippen LogP contribution in [-0.4, -0.2) is 55.6 Å². The van der Waals surface area contributed by atoms with E-state index < -0.39 is 0 Å². The summed E-state index contributed by atoms with van der Waals surface area (Å²) in [4.78, 5) is 14.4. The standard InChI is InChI=1S/C15H19N5OS2/c1-19-15(16-17-18-19)23-11-14(21)20-8-7-13(22-10-9-20)12-5-3-2-4-6-12/h2-6,13H,7-11H2,1H3/t13-/m0/s1. The van der Waals surface area contributed by atoms with Gasteiger partial charge in [0.1, 0.15) is 0 Å². The topological polar surface area (TPSA) is 63.9 Å². The smallest absolute Gasteiger partial charge is 0.233 e. The molecule has 1 saturated heterocycles. The van der Waals surface area contributed by atoms with E-state index >= 15 is 0 Å². The van der Waals surface area contributed by atoms with Crippen molar-refractivity contribution < 1.29 is 4.79 Å². The zero-order chi connectivity index (χ0) is 16.1. The van der Waals surface area contributed by atoms with Gasteiger partial charge in [-0.15, -0.1) is 5.10 Å². The van der Waals surface area contributed by atoms with Crippen LogP contribution in [0.2, 0.25) is 0 Å². The van der Waals surface area contributed by atoms with Crippen LogP contribution in [0.3, 0.4) is 0 Å². The molecule has 1 aliphatic heterocycles. The molecular formula is C15H19N5OS2. The minimum atomic E-state index is 0.160. The number of thioether (sulfide) groups is 2. The van der Waals surface area contributed by atoms with E-state index in [0.29, 0.717) is 16.2 Å². The Morgan fingerprint density at radius 1 is 1.35 bits per heavy atom. The maximum Gasteiger partial charge on any atom is 0.233 e. The normalized spacial score (nSPS) is 18.7. The molecule has 0 saturated carbocycles. The Morgan fingerprint density at radius 3 is 2.91 bits per heavy atom. The molecule has 2 aromatic rings. The lowest BCUT2D eigenvalue weighted by Gasteiger charge is -2.20. The summed E-state index contributed by atoms with van der Waals surface area (Å²) in [6.07, 6.45) is 0.997. The number of rotatable bonds is 4. The lowest BCUT2D eigenvalue weighted by molar-refractivity contribution is -0.128. The van der Waals surface area contributed by atoms with E-state index in [1.807, 2.05) is 22.7 Å².